The van der Waals surface area contributed by atoms with Crippen molar-refractivity contribution in [2.24, 2.45) is 0 Å². The Kier molecular flexibility index (Phi) is 10.9. The van der Waals surface area contributed by atoms with Gasteiger partial charge in [-0.25, -0.2) is 14.0 Å². The molecule has 4 aromatic rings. The fraction of sp³-hybridized carbons (Fsp3) is 0.250. The van der Waals surface area contributed by atoms with Crippen molar-refractivity contribution in [3.8, 4) is 5.75 Å². The van der Waals surface area contributed by atoms with Crippen LogP contribution in [-0.4, -0.2) is 58.2 Å². The average Bonchev–Trinajstić information content (AvgIpc) is 3.14. The molecule has 268 valence electrons. The van der Waals surface area contributed by atoms with Crippen LogP contribution in [0.2, 0.25) is 0 Å². The number of rotatable bonds is 11. The van der Waals surface area contributed by atoms with Gasteiger partial charge in [-0.3, -0.25) is 14.5 Å². The summed E-state index contributed by atoms with van der Waals surface area (Å²) in [5.41, 5.74) is 1.59. The second-order valence-corrected chi connectivity index (χ2v) is 14.3. The SMILES string of the molecule is CC(C)(C)OC(=O)NC(C(=O)NC1C(=O)N2C(C(=O)OC(c3ccccc3)c3ccccc3)=C(COc3cccc(F)c3)CS[C@H]12)c1ccccc1. The van der Waals surface area contributed by atoms with Crippen molar-refractivity contribution in [3.63, 3.8) is 0 Å². The van der Waals surface area contributed by atoms with Gasteiger partial charge in [0.05, 0.1) is 0 Å². The van der Waals surface area contributed by atoms with Gasteiger partial charge in [-0.1, -0.05) is 97.1 Å². The van der Waals surface area contributed by atoms with Crippen LogP contribution in [0.25, 0.3) is 0 Å². The smallest absolute Gasteiger partial charge is 0.408 e. The molecule has 0 bridgehead atoms. The molecule has 12 heteroatoms. The molecule has 0 aliphatic carbocycles. The van der Waals surface area contributed by atoms with E-state index in [2.05, 4.69) is 10.6 Å². The number of fused-ring (bicyclic) bond motifs is 1. The monoisotopic (exact) mass is 723 g/mol. The largest absolute Gasteiger partial charge is 0.489 e. The Morgan fingerprint density at radius 1 is 0.865 bits per heavy atom. The van der Waals surface area contributed by atoms with E-state index in [9.17, 15) is 23.6 Å². The van der Waals surface area contributed by atoms with Gasteiger partial charge in [0, 0.05) is 17.4 Å². The van der Waals surface area contributed by atoms with E-state index in [1.165, 1.54) is 34.9 Å². The molecule has 1 saturated heterocycles. The molecule has 6 rings (SSSR count). The first-order valence-corrected chi connectivity index (χ1v) is 17.7. The minimum absolute atomic E-state index is 0.000923. The summed E-state index contributed by atoms with van der Waals surface area (Å²) in [4.78, 5) is 56.1. The maximum atomic E-state index is 14.3. The number of amides is 3. The van der Waals surface area contributed by atoms with E-state index in [1.807, 2.05) is 60.7 Å². The summed E-state index contributed by atoms with van der Waals surface area (Å²) in [6, 6.07) is 30.5. The molecule has 2 aliphatic heterocycles. The zero-order valence-electron chi connectivity index (χ0n) is 28.8. The van der Waals surface area contributed by atoms with Gasteiger partial charge in [0.15, 0.2) is 6.10 Å². The Hall–Kier alpha value is -5.62. The molecule has 52 heavy (non-hydrogen) atoms. The highest BCUT2D eigenvalue weighted by atomic mass is 32.2. The summed E-state index contributed by atoms with van der Waals surface area (Å²) < 4.78 is 31.4. The molecular weight excluding hydrogens is 686 g/mol. The minimum Gasteiger partial charge on any atom is -0.489 e. The number of β-lactam (4-membered cyclic amide) rings is 1. The van der Waals surface area contributed by atoms with E-state index in [1.54, 1.807) is 57.2 Å². The maximum absolute atomic E-state index is 14.3. The molecule has 2 heterocycles. The van der Waals surface area contributed by atoms with Crippen molar-refractivity contribution in [1.29, 1.82) is 0 Å². The zero-order chi connectivity index (χ0) is 36.8. The topological polar surface area (TPSA) is 123 Å². The zero-order valence-corrected chi connectivity index (χ0v) is 29.6. The minimum atomic E-state index is -1.17. The molecule has 3 amide bonds. The summed E-state index contributed by atoms with van der Waals surface area (Å²) in [7, 11) is 0. The molecule has 2 unspecified atom stereocenters. The molecule has 0 radical (unpaired) electrons. The van der Waals surface area contributed by atoms with E-state index < -0.39 is 58.9 Å². The number of carbonyl (C=O) groups is 4. The quantitative estimate of drug-likeness (QED) is 0.134. The number of esters is 1. The normalized spacial score (nSPS) is 17.4. The number of ether oxygens (including phenoxy) is 3. The van der Waals surface area contributed by atoms with Gasteiger partial charge in [-0.05, 0) is 49.6 Å². The highest BCUT2D eigenvalue weighted by molar-refractivity contribution is 8.00. The van der Waals surface area contributed by atoms with Crippen molar-refractivity contribution in [3.05, 3.63) is 149 Å². The van der Waals surface area contributed by atoms with Crippen LogP contribution in [-0.2, 0) is 23.9 Å². The van der Waals surface area contributed by atoms with Gasteiger partial charge >= 0.3 is 12.1 Å². The third-order valence-electron chi connectivity index (χ3n) is 8.23. The van der Waals surface area contributed by atoms with Crippen LogP contribution in [0, 0.1) is 5.82 Å². The highest BCUT2D eigenvalue weighted by Crippen LogP contribution is 2.42. The maximum Gasteiger partial charge on any atom is 0.408 e. The van der Waals surface area contributed by atoms with Gasteiger partial charge < -0.3 is 24.8 Å². The van der Waals surface area contributed by atoms with Gasteiger partial charge in [0.25, 0.3) is 5.91 Å². The molecule has 2 N–H and O–H groups in total. The van der Waals surface area contributed by atoms with Crippen LogP contribution >= 0.6 is 11.8 Å². The Bertz CT molecular complexity index is 1910. The first-order valence-electron chi connectivity index (χ1n) is 16.7. The number of alkyl carbamates (subject to hydrolysis) is 1. The number of halogens is 1. The van der Waals surface area contributed by atoms with Crippen LogP contribution < -0.4 is 15.4 Å². The van der Waals surface area contributed by atoms with E-state index >= 15 is 0 Å². The first kappa shape index (κ1) is 36.2. The highest BCUT2D eigenvalue weighted by Gasteiger charge is 2.55. The van der Waals surface area contributed by atoms with Crippen LogP contribution in [0.4, 0.5) is 9.18 Å². The van der Waals surface area contributed by atoms with E-state index in [0.29, 0.717) is 11.1 Å². The van der Waals surface area contributed by atoms with Crippen LogP contribution in [0.1, 0.15) is 49.6 Å². The summed E-state index contributed by atoms with van der Waals surface area (Å²) in [6.07, 6.45) is -1.59. The lowest BCUT2D eigenvalue weighted by Crippen LogP contribution is -2.71. The average molecular weight is 724 g/mol. The van der Waals surface area contributed by atoms with Gasteiger partial charge in [0.2, 0.25) is 5.91 Å². The van der Waals surface area contributed by atoms with Crippen molar-refractivity contribution < 1.29 is 37.8 Å². The van der Waals surface area contributed by atoms with Crippen molar-refractivity contribution in [2.45, 2.75) is 49.9 Å². The summed E-state index contributed by atoms with van der Waals surface area (Å²) in [6.45, 7) is 5.01. The summed E-state index contributed by atoms with van der Waals surface area (Å²) >= 11 is 1.33. The molecule has 10 nitrogen and oxygen atoms in total. The Balaban J connectivity index is 1.27. The number of benzene rings is 4. The van der Waals surface area contributed by atoms with E-state index in [0.717, 1.165) is 11.1 Å². The van der Waals surface area contributed by atoms with Gasteiger partial charge in [0.1, 0.15) is 46.9 Å². The fourth-order valence-electron chi connectivity index (χ4n) is 5.86. The molecule has 1 fully saturated rings. The summed E-state index contributed by atoms with van der Waals surface area (Å²) in [5, 5.41) is 4.75. The summed E-state index contributed by atoms with van der Waals surface area (Å²) in [5.74, 6) is -1.90. The molecule has 0 spiro atoms. The van der Waals surface area contributed by atoms with Crippen LogP contribution in [0.15, 0.2) is 127 Å². The number of thioether (sulfide) groups is 1. The first-order chi connectivity index (χ1) is 25.0. The second kappa shape index (κ2) is 15.7. The molecule has 2 aliphatic rings. The standard InChI is InChI=1S/C40H38FN3O7S/c1-40(2,3)51-39(48)43-31(25-14-7-4-8-15-25)35(45)42-32-36(46)44-33(28(24-52-37(32)44)23-49-30-21-13-20-29(41)22-30)38(47)50-34(26-16-9-5-10-17-26)27-18-11-6-12-19-27/h4-22,31-32,34,37H,23-24H2,1-3H3,(H,42,45)(H,43,48)/t31?,32?,37-/m1/s1. The van der Waals surface area contributed by atoms with Crippen molar-refractivity contribution in [2.75, 3.05) is 12.4 Å². The number of carbonyl (C=O) groups excluding carboxylic acids is 4. The number of nitrogens with one attached hydrogen (secondary N) is 2. The lowest BCUT2D eigenvalue weighted by molar-refractivity contribution is -0.155. The predicted molar refractivity (Wildman–Crippen MR) is 193 cm³/mol. The lowest BCUT2D eigenvalue weighted by atomic mass is 10.00. The van der Waals surface area contributed by atoms with Crippen molar-refractivity contribution >= 4 is 35.6 Å². The number of hydrogen-bond donors (Lipinski definition) is 2. The Morgan fingerprint density at radius 2 is 1.46 bits per heavy atom. The van der Waals surface area contributed by atoms with Crippen molar-refractivity contribution in [1.82, 2.24) is 15.5 Å². The van der Waals surface area contributed by atoms with Gasteiger partial charge in [-0.15, -0.1) is 11.8 Å². The molecule has 4 aromatic carbocycles. The van der Waals surface area contributed by atoms with Gasteiger partial charge in [-0.2, -0.15) is 0 Å². The molecule has 0 saturated carbocycles. The van der Waals surface area contributed by atoms with E-state index in [-0.39, 0.29) is 23.8 Å². The third kappa shape index (κ3) is 8.46. The number of hydrogen-bond acceptors (Lipinski definition) is 8. The lowest BCUT2D eigenvalue weighted by Gasteiger charge is -2.50. The predicted octanol–water partition coefficient (Wildman–Crippen LogP) is 6.46. The number of nitrogens with zero attached hydrogens (tertiary/aromatic N) is 1. The second-order valence-electron chi connectivity index (χ2n) is 13.2. The van der Waals surface area contributed by atoms with Crippen LogP contribution in [0.5, 0.6) is 5.75 Å². The third-order valence-corrected chi connectivity index (χ3v) is 9.57. The fourth-order valence-corrected chi connectivity index (χ4v) is 7.19. The Morgan fingerprint density at radius 3 is 2.04 bits per heavy atom. The van der Waals surface area contributed by atoms with Crippen LogP contribution in [0.3, 0.4) is 0 Å². The molecule has 0 aromatic heterocycles. The molecular formula is C40H38FN3O7S. The Labute approximate surface area is 305 Å². The van der Waals surface area contributed by atoms with E-state index in [4.69, 9.17) is 14.2 Å². The molecule has 3 atom stereocenters.